The van der Waals surface area contributed by atoms with Crippen molar-refractivity contribution in [2.24, 2.45) is 16.7 Å². The Labute approximate surface area is 120 Å². The van der Waals surface area contributed by atoms with Crippen molar-refractivity contribution in [1.29, 1.82) is 0 Å². The summed E-state index contributed by atoms with van der Waals surface area (Å²) in [7, 11) is -3.75. The Morgan fingerprint density at radius 3 is 2.15 bits per heavy atom. The minimum Gasteiger partial charge on any atom is -0.480 e. The fraction of sp³-hybridized carbons (Fsp3) is 0.929. The normalized spacial score (nSPS) is 46.6. The van der Waals surface area contributed by atoms with E-state index in [1.165, 1.54) is 19.3 Å². The molecule has 4 fully saturated rings. The summed E-state index contributed by atoms with van der Waals surface area (Å²) >= 11 is 0. The summed E-state index contributed by atoms with van der Waals surface area (Å²) in [6.07, 6.45) is 6.11. The largest absolute Gasteiger partial charge is 0.480 e. The van der Waals surface area contributed by atoms with Gasteiger partial charge in [0, 0.05) is 5.54 Å². The highest BCUT2D eigenvalue weighted by molar-refractivity contribution is 7.90. The van der Waals surface area contributed by atoms with Gasteiger partial charge in [0.25, 0.3) is 0 Å². The van der Waals surface area contributed by atoms with Gasteiger partial charge in [-0.2, -0.15) is 0 Å². The second-order valence-electron chi connectivity index (χ2n) is 8.17. The Morgan fingerprint density at radius 1 is 1.15 bits per heavy atom. The Morgan fingerprint density at radius 2 is 1.70 bits per heavy atom. The van der Waals surface area contributed by atoms with Crippen LogP contribution in [0.15, 0.2) is 0 Å². The first kappa shape index (κ1) is 14.3. The monoisotopic (exact) mass is 301 g/mol. The Bertz CT molecular complexity index is 538. The number of carboxylic acids is 1. The zero-order valence-corrected chi connectivity index (χ0v) is 12.9. The van der Waals surface area contributed by atoms with Crippen LogP contribution < -0.4 is 4.72 Å². The van der Waals surface area contributed by atoms with Crippen molar-refractivity contribution in [2.45, 2.75) is 57.9 Å². The van der Waals surface area contributed by atoms with E-state index in [1.54, 1.807) is 0 Å². The maximum Gasteiger partial charge on any atom is 0.320 e. The lowest BCUT2D eigenvalue weighted by atomic mass is 9.43. The van der Waals surface area contributed by atoms with Crippen LogP contribution in [-0.4, -0.2) is 30.8 Å². The number of sulfonamides is 1. The van der Waals surface area contributed by atoms with Crippen molar-refractivity contribution >= 4 is 16.0 Å². The van der Waals surface area contributed by atoms with Crippen LogP contribution in [0.3, 0.4) is 0 Å². The Hall–Kier alpha value is -0.620. The van der Waals surface area contributed by atoms with Crippen molar-refractivity contribution < 1.29 is 18.3 Å². The first-order valence-electron chi connectivity index (χ1n) is 7.26. The summed E-state index contributed by atoms with van der Waals surface area (Å²) in [4.78, 5) is 10.7. The molecule has 0 radical (unpaired) electrons. The van der Waals surface area contributed by atoms with Crippen LogP contribution in [0.1, 0.15) is 52.4 Å². The van der Waals surface area contributed by atoms with Crippen LogP contribution in [0.5, 0.6) is 0 Å². The van der Waals surface area contributed by atoms with E-state index in [9.17, 15) is 13.2 Å². The highest BCUT2D eigenvalue weighted by Crippen LogP contribution is 2.66. The summed E-state index contributed by atoms with van der Waals surface area (Å²) in [5, 5.41) is 8.74. The highest BCUT2D eigenvalue weighted by atomic mass is 32.2. The molecule has 4 bridgehead atoms. The number of hydrogen-bond donors (Lipinski definition) is 2. The van der Waals surface area contributed by atoms with E-state index in [1.807, 2.05) is 0 Å². The number of carboxylic acid groups (broad SMARTS) is 1. The third-order valence-electron chi connectivity index (χ3n) is 5.31. The average Bonchev–Trinajstić information content (AvgIpc) is 2.04. The second-order valence-corrected chi connectivity index (χ2v) is 9.89. The first-order chi connectivity index (χ1) is 9.03. The first-order valence-corrected chi connectivity index (χ1v) is 8.92. The number of hydrogen-bond acceptors (Lipinski definition) is 3. The zero-order chi connectivity index (χ0) is 14.8. The molecule has 4 rings (SSSR count). The van der Waals surface area contributed by atoms with E-state index in [-0.39, 0.29) is 10.8 Å². The lowest BCUT2D eigenvalue weighted by Gasteiger charge is -2.65. The van der Waals surface area contributed by atoms with Crippen LogP contribution in [-0.2, 0) is 14.8 Å². The molecule has 0 aliphatic heterocycles. The fourth-order valence-corrected chi connectivity index (χ4v) is 7.37. The van der Waals surface area contributed by atoms with Gasteiger partial charge in [-0.05, 0) is 55.3 Å². The van der Waals surface area contributed by atoms with E-state index in [0.717, 1.165) is 19.3 Å². The lowest BCUT2D eigenvalue weighted by molar-refractivity contribution is -0.134. The minimum atomic E-state index is -3.75. The van der Waals surface area contributed by atoms with Crippen molar-refractivity contribution in [3.63, 3.8) is 0 Å². The summed E-state index contributed by atoms with van der Waals surface area (Å²) in [5.41, 5.74) is 0.0109. The molecule has 2 N–H and O–H groups in total. The van der Waals surface area contributed by atoms with Crippen LogP contribution >= 0.6 is 0 Å². The number of aliphatic carboxylic acids is 1. The van der Waals surface area contributed by atoms with Gasteiger partial charge < -0.3 is 5.11 Å². The molecule has 4 saturated carbocycles. The molecule has 20 heavy (non-hydrogen) atoms. The Balaban J connectivity index is 1.88. The van der Waals surface area contributed by atoms with Gasteiger partial charge in [0.05, 0.1) is 0 Å². The quantitative estimate of drug-likeness (QED) is 0.828. The molecule has 5 nitrogen and oxygen atoms in total. The maximum absolute atomic E-state index is 12.0. The summed E-state index contributed by atoms with van der Waals surface area (Å²) in [6, 6.07) is 0. The second kappa shape index (κ2) is 3.97. The molecule has 2 atom stereocenters. The molecular formula is C14H23NO4S. The molecule has 0 aromatic heterocycles. The number of rotatable bonds is 4. The van der Waals surface area contributed by atoms with E-state index in [0.29, 0.717) is 5.92 Å². The highest BCUT2D eigenvalue weighted by Gasteiger charge is 2.61. The van der Waals surface area contributed by atoms with Crippen LogP contribution in [0, 0.1) is 16.7 Å². The summed E-state index contributed by atoms with van der Waals surface area (Å²) in [6.45, 7) is 4.52. The third kappa shape index (κ3) is 2.48. The molecule has 0 spiro atoms. The maximum atomic E-state index is 12.0. The molecule has 114 valence electrons. The number of nitrogens with one attached hydrogen (secondary N) is 1. The minimum absolute atomic E-state index is 0.208. The molecule has 2 unspecified atom stereocenters. The third-order valence-corrected chi connectivity index (χ3v) is 6.68. The van der Waals surface area contributed by atoms with Gasteiger partial charge >= 0.3 is 5.97 Å². The SMILES string of the molecule is CC12CC3CC(C)(C1)CC(NS(=O)(=O)CC(=O)O)(C3)C2. The average molecular weight is 301 g/mol. The predicted molar refractivity (Wildman–Crippen MR) is 74.7 cm³/mol. The molecule has 4 aliphatic carbocycles. The van der Waals surface area contributed by atoms with Crippen LogP contribution in [0.4, 0.5) is 0 Å². The standard InChI is InChI=1S/C14H23NO4S/c1-12-3-10-4-13(2,7-12)9-14(5-10,8-12)15-20(18,19)6-11(16)17/h10,15H,3-9H2,1-2H3,(H,16,17). The van der Waals surface area contributed by atoms with Crippen molar-refractivity contribution in [2.75, 3.05) is 5.75 Å². The predicted octanol–water partition coefficient (Wildman–Crippen LogP) is 1.74. The van der Waals surface area contributed by atoms with Gasteiger partial charge in [-0.3, -0.25) is 4.79 Å². The molecule has 0 aromatic rings. The van der Waals surface area contributed by atoms with E-state index >= 15 is 0 Å². The van der Waals surface area contributed by atoms with E-state index in [4.69, 9.17) is 5.11 Å². The molecule has 0 amide bonds. The van der Waals surface area contributed by atoms with Gasteiger partial charge in [0.15, 0.2) is 5.75 Å². The van der Waals surface area contributed by atoms with Crippen molar-refractivity contribution in [3.8, 4) is 0 Å². The van der Waals surface area contributed by atoms with E-state index < -0.39 is 27.3 Å². The molecular weight excluding hydrogens is 278 g/mol. The topological polar surface area (TPSA) is 83.5 Å². The van der Waals surface area contributed by atoms with Crippen molar-refractivity contribution in [3.05, 3.63) is 0 Å². The lowest BCUT2D eigenvalue weighted by Crippen LogP contribution is -2.65. The van der Waals surface area contributed by atoms with Crippen LogP contribution in [0.25, 0.3) is 0 Å². The van der Waals surface area contributed by atoms with Crippen molar-refractivity contribution in [1.82, 2.24) is 4.72 Å². The Kier molecular flexibility index (Phi) is 2.85. The molecule has 0 aromatic carbocycles. The van der Waals surface area contributed by atoms with Gasteiger partial charge in [-0.25, -0.2) is 13.1 Å². The van der Waals surface area contributed by atoms with Gasteiger partial charge in [0.1, 0.15) is 0 Å². The number of carbonyl (C=O) groups is 1. The van der Waals surface area contributed by atoms with Gasteiger partial charge in [-0.1, -0.05) is 13.8 Å². The van der Waals surface area contributed by atoms with Gasteiger partial charge in [0.2, 0.25) is 10.0 Å². The molecule has 0 heterocycles. The molecule has 4 aliphatic rings. The molecule has 6 heteroatoms. The smallest absolute Gasteiger partial charge is 0.320 e. The fourth-order valence-electron chi connectivity index (χ4n) is 6.09. The van der Waals surface area contributed by atoms with Gasteiger partial charge in [-0.15, -0.1) is 0 Å². The van der Waals surface area contributed by atoms with E-state index in [2.05, 4.69) is 18.6 Å². The summed E-state index contributed by atoms with van der Waals surface area (Å²) < 4.78 is 26.9. The van der Waals surface area contributed by atoms with Crippen LogP contribution in [0.2, 0.25) is 0 Å². The molecule has 0 saturated heterocycles. The summed E-state index contributed by atoms with van der Waals surface area (Å²) in [5.74, 6) is -1.54. The zero-order valence-electron chi connectivity index (χ0n) is 12.1.